The SMILES string of the molecule is CC(C)N1C(=O)C(=Nn2c(-c3ccc4c(c3)NC(=O)CO4)csc2=NC2CCCCC2)c2ccccc21. The summed E-state index contributed by atoms with van der Waals surface area (Å²) in [6.07, 6.45) is 5.74. The van der Waals surface area contributed by atoms with Crippen LogP contribution in [0.4, 0.5) is 11.4 Å². The van der Waals surface area contributed by atoms with Crippen LogP contribution in [0.3, 0.4) is 0 Å². The Morgan fingerprint density at radius 3 is 2.70 bits per heavy atom. The van der Waals surface area contributed by atoms with Gasteiger partial charge in [-0.15, -0.1) is 11.3 Å². The molecule has 1 aliphatic carbocycles. The highest BCUT2D eigenvalue weighted by Crippen LogP contribution is 2.34. The van der Waals surface area contributed by atoms with Crippen LogP contribution in [0.25, 0.3) is 11.3 Å². The lowest BCUT2D eigenvalue weighted by atomic mass is 9.96. The van der Waals surface area contributed by atoms with Gasteiger partial charge in [-0.25, -0.2) is 4.68 Å². The Labute approximate surface area is 219 Å². The van der Waals surface area contributed by atoms with Gasteiger partial charge in [0.1, 0.15) is 5.75 Å². The molecule has 6 rings (SSSR count). The molecule has 1 fully saturated rings. The molecule has 1 aromatic heterocycles. The fraction of sp³-hybridized carbons (Fsp3) is 0.357. The lowest BCUT2D eigenvalue weighted by Crippen LogP contribution is -2.36. The average Bonchev–Trinajstić information content (AvgIpc) is 3.42. The van der Waals surface area contributed by atoms with Crippen molar-refractivity contribution in [2.75, 3.05) is 16.8 Å². The number of nitrogens with one attached hydrogen (secondary N) is 1. The Bertz CT molecular complexity index is 1480. The lowest BCUT2D eigenvalue weighted by Gasteiger charge is -2.21. The molecule has 37 heavy (non-hydrogen) atoms. The maximum atomic E-state index is 13.6. The molecule has 0 unspecified atom stereocenters. The number of rotatable bonds is 4. The first-order chi connectivity index (χ1) is 18.0. The number of hydrogen-bond acceptors (Lipinski definition) is 6. The molecule has 2 aromatic carbocycles. The average molecular weight is 516 g/mol. The first-order valence-corrected chi connectivity index (χ1v) is 13.7. The van der Waals surface area contributed by atoms with Crippen molar-refractivity contribution in [3.8, 4) is 17.0 Å². The number of nitrogens with zero attached hydrogens (tertiary/aromatic N) is 4. The van der Waals surface area contributed by atoms with E-state index in [9.17, 15) is 9.59 Å². The number of anilines is 2. The summed E-state index contributed by atoms with van der Waals surface area (Å²) in [5.74, 6) is 0.338. The minimum absolute atomic E-state index is 0.00366. The van der Waals surface area contributed by atoms with E-state index in [1.165, 1.54) is 30.6 Å². The quantitative estimate of drug-likeness (QED) is 0.542. The van der Waals surface area contributed by atoms with Gasteiger partial charge in [-0.3, -0.25) is 14.6 Å². The van der Waals surface area contributed by atoms with E-state index in [0.717, 1.165) is 40.2 Å². The Morgan fingerprint density at radius 1 is 1.08 bits per heavy atom. The van der Waals surface area contributed by atoms with Crippen molar-refractivity contribution in [2.45, 2.75) is 58.0 Å². The summed E-state index contributed by atoms with van der Waals surface area (Å²) in [7, 11) is 0. The minimum Gasteiger partial charge on any atom is -0.482 e. The number of fused-ring (bicyclic) bond motifs is 2. The van der Waals surface area contributed by atoms with Gasteiger partial charge in [0.15, 0.2) is 12.3 Å². The van der Waals surface area contributed by atoms with Crippen molar-refractivity contribution in [3.05, 3.63) is 58.2 Å². The molecule has 1 saturated carbocycles. The number of para-hydroxylation sites is 1. The van der Waals surface area contributed by atoms with Crippen LogP contribution in [0.1, 0.15) is 51.5 Å². The number of carbonyl (C=O) groups is 2. The second-order valence-corrected chi connectivity index (χ2v) is 10.8. The first kappa shape index (κ1) is 23.7. The Morgan fingerprint density at radius 2 is 1.89 bits per heavy atom. The molecule has 9 heteroatoms. The highest BCUT2D eigenvalue weighted by molar-refractivity contribution is 7.07. The van der Waals surface area contributed by atoms with Gasteiger partial charge in [0.25, 0.3) is 11.8 Å². The molecule has 3 aliphatic rings. The predicted octanol–water partition coefficient (Wildman–Crippen LogP) is 4.79. The van der Waals surface area contributed by atoms with Crippen molar-refractivity contribution < 1.29 is 14.3 Å². The van der Waals surface area contributed by atoms with E-state index in [4.69, 9.17) is 14.8 Å². The van der Waals surface area contributed by atoms with Gasteiger partial charge in [-0.1, -0.05) is 37.5 Å². The first-order valence-electron chi connectivity index (χ1n) is 12.8. The largest absolute Gasteiger partial charge is 0.482 e. The third-order valence-electron chi connectivity index (χ3n) is 7.02. The Balaban J connectivity index is 1.52. The van der Waals surface area contributed by atoms with Gasteiger partial charge in [-0.2, -0.15) is 5.10 Å². The van der Waals surface area contributed by atoms with Crippen LogP contribution in [0.5, 0.6) is 5.75 Å². The molecule has 8 nitrogen and oxygen atoms in total. The molecule has 0 bridgehead atoms. The summed E-state index contributed by atoms with van der Waals surface area (Å²) in [4.78, 5) is 33.2. The predicted molar refractivity (Wildman–Crippen MR) is 145 cm³/mol. The lowest BCUT2D eigenvalue weighted by molar-refractivity contribution is -0.118. The summed E-state index contributed by atoms with van der Waals surface area (Å²) >= 11 is 1.52. The standard InChI is InChI=1S/C28H29N5O3S/c1-17(2)32-22-11-7-6-10-20(22)26(27(32)35)31-33-23(16-37-28(33)29-19-8-4-3-5-9-19)18-12-13-24-21(14-18)30-25(34)15-36-24/h6-7,10-14,16-17,19H,3-5,8-9,15H2,1-2H3,(H,30,34). The molecule has 0 saturated heterocycles. The number of aromatic nitrogens is 1. The number of hydrogen-bond donors (Lipinski definition) is 1. The highest BCUT2D eigenvalue weighted by atomic mass is 32.1. The Hall–Kier alpha value is -3.72. The molecule has 1 N–H and O–H groups in total. The van der Waals surface area contributed by atoms with Crippen molar-refractivity contribution >= 4 is 40.2 Å². The zero-order valence-corrected chi connectivity index (χ0v) is 21.8. The van der Waals surface area contributed by atoms with E-state index >= 15 is 0 Å². The smallest absolute Gasteiger partial charge is 0.279 e. The maximum Gasteiger partial charge on any atom is 0.279 e. The normalized spacial score (nSPS) is 19.3. The van der Waals surface area contributed by atoms with E-state index in [1.54, 1.807) is 9.58 Å². The third-order valence-corrected chi connectivity index (χ3v) is 7.85. The van der Waals surface area contributed by atoms with E-state index in [-0.39, 0.29) is 30.5 Å². The maximum absolute atomic E-state index is 13.6. The van der Waals surface area contributed by atoms with Gasteiger partial charge >= 0.3 is 0 Å². The number of benzene rings is 2. The summed E-state index contributed by atoms with van der Waals surface area (Å²) in [5, 5.41) is 9.88. The molecule has 0 spiro atoms. The molecule has 190 valence electrons. The third kappa shape index (κ3) is 4.37. The topological polar surface area (TPSA) is 88.3 Å². The van der Waals surface area contributed by atoms with Crippen LogP contribution >= 0.6 is 11.3 Å². The fourth-order valence-electron chi connectivity index (χ4n) is 5.22. The summed E-state index contributed by atoms with van der Waals surface area (Å²) < 4.78 is 7.35. The molecule has 2 aliphatic heterocycles. The molecule has 3 aromatic rings. The highest BCUT2D eigenvalue weighted by Gasteiger charge is 2.36. The van der Waals surface area contributed by atoms with Gasteiger partial charge in [-0.05, 0) is 51.0 Å². The molecular formula is C28H29N5O3S. The molecule has 0 radical (unpaired) electrons. The van der Waals surface area contributed by atoms with Gasteiger partial charge in [0.2, 0.25) is 4.80 Å². The van der Waals surface area contributed by atoms with Crippen LogP contribution in [0, 0.1) is 0 Å². The van der Waals surface area contributed by atoms with Crippen LogP contribution in [0.2, 0.25) is 0 Å². The van der Waals surface area contributed by atoms with Crippen molar-refractivity contribution in [1.82, 2.24) is 4.68 Å². The molecule has 2 amide bonds. The Kier molecular flexibility index (Phi) is 6.16. The molecule has 3 heterocycles. The number of carbonyl (C=O) groups excluding carboxylic acids is 2. The summed E-state index contributed by atoms with van der Waals surface area (Å²) in [5.41, 5.74) is 4.39. The number of ether oxygens (including phenoxy) is 1. The van der Waals surface area contributed by atoms with Crippen LogP contribution in [0.15, 0.2) is 57.9 Å². The van der Waals surface area contributed by atoms with Gasteiger partial charge in [0.05, 0.1) is 23.1 Å². The van der Waals surface area contributed by atoms with Crippen LogP contribution in [-0.2, 0) is 9.59 Å². The van der Waals surface area contributed by atoms with Crippen molar-refractivity contribution in [1.29, 1.82) is 0 Å². The fourth-order valence-corrected chi connectivity index (χ4v) is 6.13. The van der Waals surface area contributed by atoms with Crippen molar-refractivity contribution in [2.24, 2.45) is 10.1 Å². The molecular weight excluding hydrogens is 486 g/mol. The van der Waals surface area contributed by atoms with E-state index < -0.39 is 0 Å². The van der Waals surface area contributed by atoms with E-state index in [1.807, 2.05) is 61.7 Å². The van der Waals surface area contributed by atoms with E-state index in [0.29, 0.717) is 17.1 Å². The minimum atomic E-state index is -0.182. The van der Waals surface area contributed by atoms with E-state index in [2.05, 4.69) is 5.32 Å². The zero-order valence-electron chi connectivity index (χ0n) is 20.9. The molecule has 0 atom stereocenters. The van der Waals surface area contributed by atoms with Crippen molar-refractivity contribution in [3.63, 3.8) is 0 Å². The van der Waals surface area contributed by atoms with Crippen LogP contribution in [-0.4, -0.2) is 40.9 Å². The second kappa shape index (κ2) is 9.63. The second-order valence-electron chi connectivity index (χ2n) is 9.92. The monoisotopic (exact) mass is 515 g/mol. The van der Waals surface area contributed by atoms with Gasteiger partial charge in [0, 0.05) is 22.5 Å². The van der Waals surface area contributed by atoms with Crippen LogP contribution < -0.4 is 19.8 Å². The number of amides is 2. The van der Waals surface area contributed by atoms with Gasteiger partial charge < -0.3 is 15.0 Å². The summed E-state index contributed by atoms with van der Waals surface area (Å²) in [6, 6.07) is 13.7. The summed E-state index contributed by atoms with van der Waals surface area (Å²) in [6.45, 7) is 4.03. The zero-order chi connectivity index (χ0) is 25.5. The number of thiazole rings is 1.